The smallest absolute Gasteiger partial charge is 0.335 e. The maximum atomic E-state index is 13.4. The van der Waals surface area contributed by atoms with Crippen LogP contribution in [0.3, 0.4) is 0 Å². The van der Waals surface area contributed by atoms with Gasteiger partial charge >= 0.3 is 12.0 Å². The number of nitrogens with zero attached hydrogens (tertiary/aromatic N) is 2. The molecule has 186 valence electrons. The van der Waals surface area contributed by atoms with E-state index in [1.54, 1.807) is 31.2 Å². The monoisotopic (exact) mass is 515 g/mol. The minimum Gasteiger partial charge on any atom is -0.478 e. The number of carboxylic acids is 1. The maximum absolute atomic E-state index is 13.4. The Kier molecular flexibility index (Phi) is 6.61. The summed E-state index contributed by atoms with van der Waals surface area (Å²) in [6.45, 7) is 1.91. The number of aliphatic imine (C=N–C) groups is 1. The van der Waals surface area contributed by atoms with Gasteiger partial charge in [-0.15, -0.1) is 0 Å². The lowest BCUT2D eigenvalue weighted by atomic mass is 9.95. The number of aromatic nitrogens is 1. The van der Waals surface area contributed by atoms with E-state index in [-0.39, 0.29) is 24.0 Å². The molecule has 1 aliphatic heterocycles. The van der Waals surface area contributed by atoms with Gasteiger partial charge in [0.25, 0.3) is 5.91 Å². The van der Waals surface area contributed by atoms with Gasteiger partial charge < -0.3 is 20.2 Å². The van der Waals surface area contributed by atoms with Gasteiger partial charge in [-0.3, -0.25) is 10.1 Å². The summed E-state index contributed by atoms with van der Waals surface area (Å²) < 4.78 is 5.75. The first-order chi connectivity index (χ1) is 17.9. The number of allylic oxidation sites excluding steroid dienone is 1. The molecule has 2 heterocycles. The average molecular weight is 516 g/mol. The van der Waals surface area contributed by atoms with Crippen LogP contribution in [0.1, 0.15) is 34.5 Å². The van der Waals surface area contributed by atoms with Gasteiger partial charge in [0.2, 0.25) is 5.96 Å². The van der Waals surface area contributed by atoms with Crippen molar-refractivity contribution >= 4 is 46.6 Å². The number of hydrogen-bond donors (Lipinski definition) is 4. The zero-order chi connectivity index (χ0) is 25.9. The predicted molar refractivity (Wildman–Crippen MR) is 140 cm³/mol. The van der Waals surface area contributed by atoms with Crippen LogP contribution in [-0.2, 0) is 11.3 Å². The minimum atomic E-state index is -1.03. The molecule has 1 aromatic heterocycles. The molecule has 1 aliphatic rings. The van der Waals surface area contributed by atoms with Gasteiger partial charge in [-0.2, -0.15) is 4.98 Å². The van der Waals surface area contributed by atoms with Crippen LogP contribution < -0.4 is 16.0 Å². The number of carbonyl (C=O) groups excluding carboxylic acids is 1. The van der Waals surface area contributed by atoms with Crippen molar-refractivity contribution in [3.8, 4) is 0 Å². The first kappa shape index (κ1) is 24.1. The molecule has 1 atom stereocenters. The zero-order valence-electron chi connectivity index (χ0n) is 19.7. The van der Waals surface area contributed by atoms with Crippen LogP contribution in [0.25, 0.3) is 11.1 Å². The number of carbonyl (C=O) groups is 2. The van der Waals surface area contributed by atoms with Gasteiger partial charge in [0, 0.05) is 22.8 Å². The first-order valence-electron chi connectivity index (χ1n) is 11.4. The van der Waals surface area contributed by atoms with Gasteiger partial charge in [0.1, 0.15) is 11.6 Å². The maximum Gasteiger partial charge on any atom is 0.335 e. The second-order valence-corrected chi connectivity index (χ2v) is 8.77. The highest BCUT2D eigenvalue weighted by atomic mass is 35.5. The Bertz CT molecular complexity index is 1540. The number of aromatic carboxylic acids is 1. The molecule has 0 spiro atoms. The summed E-state index contributed by atoms with van der Waals surface area (Å²) >= 11 is 6.51. The van der Waals surface area contributed by atoms with Crippen LogP contribution in [0.15, 0.2) is 93.5 Å². The summed E-state index contributed by atoms with van der Waals surface area (Å²) in [5, 5.41) is 18.7. The largest absolute Gasteiger partial charge is 0.478 e. The Morgan fingerprint density at radius 2 is 1.86 bits per heavy atom. The highest BCUT2D eigenvalue weighted by molar-refractivity contribution is 6.31. The van der Waals surface area contributed by atoms with E-state index in [2.05, 4.69) is 20.9 Å². The van der Waals surface area contributed by atoms with E-state index < -0.39 is 12.0 Å². The Labute approximate surface area is 216 Å². The normalized spacial score (nSPS) is 15.2. The number of anilines is 1. The summed E-state index contributed by atoms with van der Waals surface area (Å²) in [5.41, 5.74) is 3.73. The van der Waals surface area contributed by atoms with Gasteiger partial charge in [0.05, 0.1) is 11.1 Å². The Morgan fingerprint density at radius 1 is 1.08 bits per heavy atom. The van der Waals surface area contributed by atoms with E-state index in [9.17, 15) is 14.7 Å². The van der Waals surface area contributed by atoms with E-state index in [4.69, 9.17) is 21.0 Å². The second kappa shape index (κ2) is 10.2. The number of guanidine groups is 1. The lowest BCUT2D eigenvalue weighted by Crippen LogP contribution is -2.39. The van der Waals surface area contributed by atoms with Gasteiger partial charge in [-0.05, 0) is 42.8 Å². The molecule has 4 N–H and O–H groups in total. The molecular weight excluding hydrogens is 494 g/mol. The summed E-state index contributed by atoms with van der Waals surface area (Å²) in [6.07, 6.45) is 0. The fourth-order valence-electron chi connectivity index (χ4n) is 4.07. The van der Waals surface area contributed by atoms with Crippen molar-refractivity contribution in [2.24, 2.45) is 4.99 Å². The Hall–Kier alpha value is -4.63. The molecule has 9 nitrogen and oxygen atoms in total. The summed E-state index contributed by atoms with van der Waals surface area (Å²) in [4.78, 5) is 33.8. The second-order valence-electron chi connectivity index (χ2n) is 8.37. The van der Waals surface area contributed by atoms with E-state index in [0.29, 0.717) is 44.5 Å². The van der Waals surface area contributed by atoms with Crippen LogP contribution in [0.5, 0.6) is 0 Å². The molecule has 4 aromatic rings. The molecule has 0 saturated carbocycles. The molecule has 1 unspecified atom stereocenters. The Balaban J connectivity index is 1.42. The van der Waals surface area contributed by atoms with Crippen molar-refractivity contribution in [2.75, 3.05) is 5.32 Å². The van der Waals surface area contributed by atoms with Crippen molar-refractivity contribution in [1.82, 2.24) is 15.6 Å². The molecule has 3 aromatic carbocycles. The molecule has 37 heavy (non-hydrogen) atoms. The fourth-order valence-corrected chi connectivity index (χ4v) is 4.31. The van der Waals surface area contributed by atoms with Gasteiger partial charge in [0.15, 0.2) is 5.58 Å². The quantitative estimate of drug-likeness (QED) is 0.288. The topological polar surface area (TPSA) is 129 Å². The zero-order valence-corrected chi connectivity index (χ0v) is 20.4. The molecule has 0 radical (unpaired) electrons. The van der Waals surface area contributed by atoms with Crippen LogP contribution in [0, 0.1) is 0 Å². The molecule has 0 saturated heterocycles. The van der Waals surface area contributed by atoms with Crippen molar-refractivity contribution in [3.05, 3.63) is 106 Å². The lowest BCUT2D eigenvalue weighted by Gasteiger charge is -2.27. The van der Waals surface area contributed by atoms with Crippen LogP contribution in [-0.4, -0.2) is 27.9 Å². The number of rotatable bonds is 6. The molecular formula is C27H22ClN5O4. The first-order valence-corrected chi connectivity index (χ1v) is 11.8. The highest BCUT2D eigenvalue weighted by Crippen LogP contribution is 2.35. The highest BCUT2D eigenvalue weighted by Gasteiger charge is 2.31. The number of para-hydroxylation sites is 2. The SMILES string of the molecule is CC1=C(C(=O)NCc2cccc(C(=O)O)c2)C(c2ccccc2Cl)N=C(Nc2nc3ccccc3o2)N1. The molecule has 5 rings (SSSR count). The van der Waals surface area contributed by atoms with Crippen LogP contribution in [0.4, 0.5) is 6.01 Å². The van der Waals surface area contributed by atoms with Crippen LogP contribution >= 0.6 is 11.6 Å². The van der Waals surface area contributed by atoms with Crippen LogP contribution in [0.2, 0.25) is 5.02 Å². The number of nitrogens with one attached hydrogen (secondary N) is 3. The molecule has 10 heteroatoms. The fraction of sp³-hybridized carbons (Fsp3) is 0.111. The lowest BCUT2D eigenvalue weighted by molar-refractivity contribution is -0.118. The minimum absolute atomic E-state index is 0.143. The van der Waals surface area contributed by atoms with Gasteiger partial charge in [-0.1, -0.05) is 54.1 Å². The number of amides is 1. The number of hydrogen-bond acceptors (Lipinski definition) is 7. The molecule has 1 amide bonds. The number of halogens is 1. The number of fused-ring (bicyclic) bond motifs is 1. The number of carboxylic acid groups (broad SMARTS) is 1. The molecule has 0 bridgehead atoms. The summed E-state index contributed by atoms with van der Waals surface area (Å²) in [5.74, 6) is -1.05. The van der Waals surface area contributed by atoms with Crippen molar-refractivity contribution in [3.63, 3.8) is 0 Å². The third-order valence-electron chi connectivity index (χ3n) is 5.83. The Morgan fingerprint density at radius 3 is 2.65 bits per heavy atom. The predicted octanol–water partition coefficient (Wildman–Crippen LogP) is 4.88. The third kappa shape index (κ3) is 5.17. The van der Waals surface area contributed by atoms with Crippen molar-refractivity contribution in [2.45, 2.75) is 19.5 Å². The average Bonchev–Trinajstić information content (AvgIpc) is 3.29. The third-order valence-corrected chi connectivity index (χ3v) is 6.18. The molecule has 0 fully saturated rings. The number of benzene rings is 3. The standard InChI is InChI=1S/C27H22ClN5O4/c1-15-22(24(34)29-14-16-7-6-8-17(13-16)25(35)36)23(18-9-2-3-10-19(18)28)32-26(30-15)33-27-31-20-11-4-5-12-21(20)37-27/h2-13,23H,14H2,1H3,(H,29,34)(H,35,36)(H2,30,31,32,33). The summed E-state index contributed by atoms with van der Waals surface area (Å²) in [6, 6.07) is 20.5. The molecule has 0 aliphatic carbocycles. The van der Waals surface area contributed by atoms with E-state index in [1.807, 2.05) is 36.4 Å². The summed E-state index contributed by atoms with van der Waals surface area (Å²) in [7, 11) is 0. The van der Waals surface area contributed by atoms with Gasteiger partial charge in [-0.25, -0.2) is 9.79 Å². The van der Waals surface area contributed by atoms with E-state index in [0.717, 1.165) is 0 Å². The van der Waals surface area contributed by atoms with Crippen molar-refractivity contribution in [1.29, 1.82) is 0 Å². The van der Waals surface area contributed by atoms with E-state index in [1.165, 1.54) is 12.1 Å². The van der Waals surface area contributed by atoms with Crippen molar-refractivity contribution < 1.29 is 19.1 Å². The van der Waals surface area contributed by atoms with E-state index >= 15 is 0 Å². The number of oxazole rings is 1.